The van der Waals surface area contributed by atoms with E-state index in [1.165, 1.54) is 32.5 Å². The second-order valence-electron chi connectivity index (χ2n) is 3.70. The van der Waals surface area contributed by atoms with Crippen molar-refractivity contribution in [2.75, 3.05) is 19.6 Å². The Morgan fingerprint density at radius 2 is 2.18 bits per heavy atom. The molecular formula is C9H18N2. The normalized spacial score (nSPS) is 37.6. The summed E-state index contributed by atoms with van der Waals surface area (Å²) in [4.78, 5) is 5.25. The van der Waals surface area contributed by atoms with Crippen molar-refractivity contribution in [1.29, 1.82) is 0 Å². The molecule has 2 nitrogen and oxygen atoms in total. The average molecular weight is 154 g/mol. The topological polar surface area (TPSA) is 6.48 Å². The summed E-state index contributed by atoms with van der Waals surface area (Å²) < 4.78 is 0. The highest BCUT2D eigenvalue weighted by Gasteiger charge is 2.48. The molecule has 0 aromatic carbocycles. The van der Waals surface area contributed by atoms with Crippen LogP contribution in [0.4, 0.5) is 0 Å². The fraction of sp³-hybridized carbons (Fsp3) is 1.00. The third-order valence-corrected chi connectivity index (χ3v) is 3.08. The Morgan fingerprint density at radius 3 is 2.73 bits per heavy atom. The molecule has 3 aliphatic heterocycles. The van der Waals surface area contributed by atoms with Gasteiger partial charge in [-0.3, -0.25) is 9.80 Å². The van der Waals surface area contributed by atoms with Crippen LogP contribution in [0, 0.1) is 0 Å². The summed E-state index contributed by atoms with van der Waals surface area (Å²) in [7, 11) is 0. The Labute approximate surface area is 69.2 Å². The van der Waals surface area contributed by atoms with E-state index in [0.29, 0.717) is 0 Å². The fourth-order valence-electron chi connectivity index (χ4n) is 2.55. The smallest absolute Gasteiger partial charge is 0.0641 e. The highest BCUT2D eigenvalue weighted by molar-refractivity contribution is 5.01. The van der Waals surface area contributed by atoms with Gasteiger partial charge in [0.25, 0.3) is 0 Å². The maximum Gasteiger partial charge on any atom is 0.0641 e. The molecule has 0 aromatic heterocycles. The van der Waals surface area contributed by atoms with Crippen LogP contribution < -0.4 is 0 Å². The van der Waals surface area contributed by atoms with Crippen molar-refractivity contribution in [2.24, 2.45) is 0 Å². The lowest BCUT2D eigenvalue weighted by molar-refractivity contribution is 0.0364. The Balaban J connectivity index is 1.90. The van der Waals surface area contributed by atoms with Crippen molar-refractivity contribution in [1.82, 2.24) is 9.80 Å². The quantitative estimate of drug-likeness (QED) is 0.601. The van der Waals surface area contributed by atoms with Crippen molar-refractivity contribution in [3.63, 3.8) is 0 Å². The van der Waals surface area contributed by atoms with Crippen molar-refractivity contribution in [3.8, 4) is 0 Å². The van der Waals surface area contributed by atoms with E-state index in [4.69, 9.17) is 0 Å². The Hall–Kier alpha value is -0.0800. The SMILES string of the molecule is CCCN1CC2CC1N2CC. The second-order valence-corrected chi connectivity index (χ2v) is 3.70. The average Bonchev–Trinajstić information content (AvgIpc) is 2.45. The van der Waals surface area contributed by atoms with Crippen LogP contribution in [-0.2, 0) is 0 Å². The summed E-state index contributed by atoms with van der Waals surface area (Å²) in [6, 6.07) is 0.913. The van der Waals surface area contributed by atoms with Crippen LogP contribution in [0.25, 0.3) is 0 Å². The number of likely N-dealkylation sites (N-methyl/N-ethyl adjacent to an activating group) is 1. The van der Waals surface area contributed by atoms with Crippen LogP contribution in [0.5, 0.6) is 0 Å². The molecule has 0 N–H and O–H groups in total. The fourth-order valence-corrected chi connectivity index (χ4v) is 2.55. The van der Waals surface area contributed by atoms with E-state index in [2.05, 4.69) is 23.6 Å². The summed E-state index contributed by atoms with van der Waals surface area (Å²) >= 11 is 0. The molecule has 0 aliphatic carbocycles. The van der Waals surface area contributed by atoms with Crippen LogP contribution in [0.1, 0.15) is 26.7 Å². The van der Waals surface area contributed by atoms with Gasteiger partial charge in [0.2, 0.25) is 0 Å². The third kappa shape index (κ3) is 1.00. The van der Waals surface area contributed by atoms with E-state index < -0.39 is 0 Å². The first-order valence-electron chi connectivity index (χ1n) is 4.86. The lowest BCUT2D eigenvalue weighted by Crippen LogP contribution is -2.51. The second kappa shape index (κ2) is 2.76. The van der Waals surface area contributed by atoms with E-state index in [0.717, 1.165) is 12.2 Å². The van der Waals surface area contributed by atoms with Gasteiger partial charge in [-0.1, -0.05) is 13.8 Å². The predicted molar refractivity (Wildman–Crippen MR) is 46.4 cm³/mol. The van der Waals surface area contributed by atoms with Crippen LogP contribution in [0.3, 0.4) is 0 Å². The van der Waals surface area contributed by atoms with Gasteiger partial charge in [-0.25, -0.2) is 0 Å². The van der Waals surface area contributed by atoms with E-state index in [1.807, 2.05) is 0 Å². The van der Waals surface area contributed by atoms with Gasteiger partial charge < -0.3 is 0 Å². The first-order valence-corrected chi connectivity index (χ1v) is 4.86. The summed E-state index contributed by atoms with van der Waals surface area (Å²) in [5, 5.41) is 0. The number of hydrogen-bond acceptors (Lipinski definition) is 2. The minimum Gasteiger partial charge on any atom is -0.286 e. The molecule has 3 rings (SSSR count). The highest BCUT2D eigenvalue weighted by atomic mass is 15.5. The Kier molecular flexibility index (Phi) is 1.90. The Bertz CT molecular complexity index is 146. The zero-order chi connectivity index (χ0) is 7.84. The van der Waals surface area contributed by atoms with E-state index in [1.54, 1.807) is 0 Å². The zero-order valence-electron chi connectivity index (χ0n) is 7.58. The van der Waals surface area contributed by atoms with Crippen LogP contribution >= 0.6 is 0 Å². The van der Waals surface area contributed by atoms with Gasteiger partial charge in [0, 0.05) is 12.6 Å². The maximum atomic E-state index is 2.63. The molecular weight excluding hydrogens is 136 g/mol. The van der Waals surface area contributed by atoms with Crippen LogP contribution in [0.15, 0.2) is 0 Å². The molecule has 64 valence electrons. The molecule has 0 radical (unpaired) electrons. The minimum atomic E-state index is 0.824. The van der Waals surface area contributed by atoms with Gasteiger partial charge in [0.1, 0.15) is 0 Å². The summed E-state index contributed by atoms with van der Waals surface area (Å²) in [6.45, 7) is 8.43. The van der Waals surface area contributed by atoms with E-state index in [-0.39, 0.29) is 0 Å². The third-order valence-electron chi connectivity index (χ3n) is 3.08. The molecule has 3 saturated heterocycles. The molecule has 0 amide bonds. The molecule has 2 bridgehead atoms. The van der Waals surface area contributed by atoms with Crippen molar-refractivity contribution in [3.05, 3.63) is 0 Å². The van der Waals surface area contributed by atoms with E-state index in [9.17, 15) is 0 Å². The molecule has 0 aromatic rings. The number of fused-ring (bicyclic) bond motifs is 1. The largest absolute Gasteiger partial charge is 0.286 e. The lowest BCUT2D eigenvalue weighted by Gasteiger charge is -2.40. The summed E-state index contributed by atoms with van der Waals surface area (Å²) in [6.07, 6.45) is 3.57. The molecule has 2 unspecified atom stereocenters. The van der Waals surface area contributed by atoms with Crippen LogP contribution in [0.2, 0.25) is 0 Å². The zero-order valence-corrected chi connectivity index (χ0v) is 7.58. The maximum absolute atomic E-state index is 2.63. The molecule has 2 atom stereocenters. The van der Waals surface area contributed by atoms with Gasteiger partial charge in [-0.15, -0.1) is 0 Å². The summed E-state index contributed by atoms with van der Waals surface area (Å²) in [5.41, 5.74) is 0. The van der Waals surface area contributed by atoms with Gasteiger partial charge >= 0.3 is 0 Å². The van der Waals surface area contributed by atoms with Gasteiger partial charge in [-0.05, 0) is 25.9 Å². The number of hydrogen-bond donors (Lipinski definition) is 0. The molecule has 11 heavy (non-hydrogen) atoms. The molecule has 3 fully saturated rings. The monoisotopic (exact) mass is 154 g/mol. The number of nitrogens with zero attached hydrogens (tertiary/aromatic N) is 2. The minimum absolute atomic E-state index is 0.824. The first-order chi connectivity index (χ1) is 5.36. The molecule has 0 saturated carbocycles. The van der Waals surface area contributed by atoms with Gasteiger partial charge in [-0.2, -0.15) is 0 Å². The number of rotatable bonds is 3. The standard InChI is InChI=1S/C9H18N2/c1-3-5-10-7-8-6-9(10)11(8)4-2/h8-9H,3-7H2,1-2H3. The molecule has 2 heteroatoms. The first kappa shape index (κ1) is 7.56. The lowest BCUT2D eigenvalue weighted by atomic mass is 10.1. The Morgan fingerprint density at radius 1 is 1.36 bits per heavy atom. The summed E-state index contributed by atoms with van der Waals surface area (Å²) in [5.74, 6) is 0. The van der Waals surface area contributed by atoms with Gasteiger partial charge in [0.05, 0.1) is 6.17 Å². The van der Waals surface area contributed by atoms with Gasteiger partial charge in [0.15, 0.2) is 0 Å². The van der Waals surface area contributed by atoms with E-state index >= 15 is 0 Å². The van der Waals surface area contributed by atoms with Crippen molar-refractivity contribution in [2.45, 2.75) is 38.9 Å². The highest BCUT2D eigenvalue weighted by Crippen LogP contribution is 2.36. The predicted octanol–water partition coefficient (Wildman–Crippen LogP) is 1.13. The van der Waals surface area contributed by atoms with Crippen molar-refractivity contribution >= 4 is 0 Å². The molecule has 0 spiro atoms. The van der Waals surface area contributed by atoms with Crippen molar-refractivity contribution < 1.29 is 0 Å². The molecule has 3 aliphatic rings. The van der Waals surface area contributed by atoms with Crippen LogP contribution in [-0.4, -0.2) is 41.6 Å². The molecule has 3 heterocycles.